The molecule has 2 aromatic rings. The SMILES string of the molecule is COc1ccc(S(=O)(=O)N(CC(=O)N[C@H](C)C(C)C)c2ccccc2)cc1. The summed E-state index contributed by atoms with van der Waals surface area (Å²) in [5.74, 6) is 0.457. The fourth-order valence-corrected chi connectivity index (χ4v) is 3.80. The maximum absolute atomic E-state index is 13.2. The quantitative estimate of drug-likeness (QED) is 0.752. The van der Waals surface area contributed by atoms with E-state index in [1.54, 1.807) is 42.5 Å². The molecule has 6 nitrogen and oxygen atoms in total. The molecule has 1 N–H and O–H groups in total. The number of rotatable bonds is 8. The van der Waals surface area contributed by atoms with Gasteiger partial charge in [-0.15, -0.1) is 0 Å². The highest BCUT2D eigenvalue weighted by Crippen LogP contribution is 2.24. The highest BCUT2D eigenvalue weighted by molar-refractivity contribution is 7.92. The molecule has 0 aromatic heterocycles. The van der Waals surface area contributed by atoms with Gasteiger partial charge >= 0.3 is 0 Å². The third-order valence-electron chi connectivity index (χ3n) is 4.37. The zero-order chi connectivity index (χ0) is 20.0. The lowest BCUT2D eigenvalue weighted by molar-refractivity contribution is -0.120. The monoisotopic (exact) mass is 390 g/mol. The molecule has 0 heterocycles. The van der Waals surface area contributed by atoms with Crippen LogP contribution in [0, 0.1) is 5.92 Å². The normalized spacial score (nSPS) is 12.5. The molecule has 0 radical (unpaired) electrons. The van der Waals surface area contributed by atoms with E-state index in [4.69, 9.17) is 4.74 Å². The van der Waals surface area contributed by atoms with Gasteiger partial charge < -0.3 is 10.1 Å². The van der Waals surface area contributed by atoms with E-state index in [0.29, 0.717) is 11.4 Å². The highest BCUT2D eigenvalue weighted by atomic mass is 32.2. The van der Waals surface area contributed by atoms with E-state index >= 15 is 0 Å². The maximum Gasteiger partial charge on any atom is 0.264 e. The number of methoxy groups -OCH3 is 1. The fraction of sp³-hybridized carbons (Fsp3) is 0.350. The third kappa shape index (κ3) is 5.23. The Hall–Kier alpha value is -2.54. The summed E-state index contributed by atoms with van der Waals surface area (Å²) in [6.45, 7) is 5.59. The first-order chi connectivity index (χ1) is 12.8. The summed E-state index contributed by atoms with van der Waals surface area (Å²) in [5.41, 5.74) is 0.431. The van der Waals surface area contributed by atoms with E-state index in [1.807, 2.05) is 20.8 Å². The summed E-state index contributed by atoms with van der Waals surface area (Å²) in [6, 6.07) is 14.6. The molecule has 0 aliphatic carbocycles. The van der Waals surface area contributed by atoms with Crippen LogP contribution in [0.2, 0.25) is 0 Å². The molecule has 1 atom stereocenters. The van der Waals surface area contributed by atoms with Crippen LogP contribution in [-0.4, -0.2) is 34.0 Å². The number of hydrogen-bond acceptors (Lipinski definition) is 4. The van der Waals surface area contributed by atoms with Gasteiger partial charge in [-0.05, 0) is 49.2 Å². The van der Waals surface area contributed by atoms with Crippen molar-refractivity contribution in [2.45, 2.75) is 31.7 Å². The second kappa shape index (κ2) is 8.90. The Morgan fingerprint density at radius 2 is 1.63 bits per heavy atom. The Kier molecular flexibility index (Phi) is 6.85. The Morgan fingerprint density at radius 3 is 2.15 bits per heavy atom. The van der Waals surface area contributed by atoms with Gasteiger partial charge in [0.15, 0.2) is 0 Å². The van der Waals surface area contributed by atoms with Crippen molar-refractivity contribution in [3.63, 3.8) is 0 Å². The lowest BCUT2D eigenvalue weighted by atomic mass is 10.1. The number of carbonyl (C=O) groups is 1. The molecular weight excluding hydrogens is 364 g/mol. The molecule has 0 aliphatic heterocycles. The van der Waals surface area contributed by atoms with Crippen molar-refractivity contribution in [3.8, 4) is 5.75 Å². The van der Waals surface area contributed by atoms with Crippen LogP contribution in [0.4, 0.5) is 5.69 Å². The minimum absolute atomic E-state index is 0.0567. The Morgan fingerprint density at radius 1 is 1.04 bits per heavy atom. The number of amides is 1. The number of ether oxygens (including phenoxy) is 1. The van der Waals surface area contributed by atoms with E-state index in [1.165, 1.54) is 19.2 Å². The summed E-state index contributed by atoms with van der Waals surface area (Å²) in [6.07, 6.45) is 0. The molecule has 0 saturated heterocycles. The molecule has 146 valence electrons. The number of nitrogens with one attached hydrogen (secondary N) is 1. The molecule has 27 heavy (non-hydrogen) atoms. The molecular formula is C20H26N2O4S. The van der Waals surface area contributed by atoms with Gasteiger partial charge in [-0.3, -0.25) is 9.10 Å². The topological polar surface area (TPSA) is 75.7 Å². The highest BCUT2D eigenvalue weighted by Gasteiger charge is 2.27. The Bertz CT molecular complexity index is 849. The summed E-state index contributed by atoms with van der Waals surface area (Å²) in [5, 5.41) is 2.86. The van der Waals surface area contributed by atoms with Crippen LogP contribution in [0.3, 0.4) is 0 Å². The van der Waals surface area contributed by atoms with Crippen molar-refractivity contribution < 1.29 is 17.9 Å². The van der Waals surface area contributed by atoms with Gasteiger partial charge in [-0.1, -0.05) is 32.0 Å². The van der Waals surface area contributed by atoms with Crippen LogP contribution < -0.4 is 14.4 Å². The van der Waals surface area contributed by atoms with Crippen LogP contribution >= 0.6 is 0 Å². The lowest BCUT2D eigenvalue weighted by Gasteiger charge is -2.25. The van der Waals surface area contributed by atoms with Crippen LogP contribution in [-0.2, 0) is 14.8 Å². The van der Waals surface area contributed by atoms with Crippen LogP contribution in [0.1, 0.15) is 20.8 Å². The van der Waals surface area contributed by atoms with Gasteiger partial charge in [0, 0.05) is 6.04 Å². The van der Waals surface area contributed by atoms with Gasteiger partial charge in [0.25, 0.3) is 10.0 Å². The Labute approximate surface area is 161 Å². The van der Waals surface area contributed by atoms with Crippen molar-refractivity contribution in [2.24, 2.45) is 5.92 Å². The molecule has 0 saturated carbocycles. The van der Waals surface area contributed by atoms with Gasteiger partial charge in [0.2, 0.25) is 5.91 Å². The van der Waals surface area contributed by atoms with E-state index < -0.39 is 10.0 Å². The minimum atomic E-state index is -3.91. The van der Waals surface area contributed by atoms with Crippen LogP contribution in [0.5, 0.6) is 5.75 Å². The van der Waals surface area contributed by atoms with E-state index in [2.05, 4.69) is 5.32 Å². The zero-order valence-electron chi connectivity index (χ0n) is 16.0. The largest absolute Gasteiger partial charge is 0.497 e. The van der Waals surface area contributed by atoms with E-state index in [-0.39, 0.29) is 29.3 Å². The van der Waals surface area contributed by atoms with Gasteiger partial charge in [-0.2, -0.15) is 0 Å². The summed E-state index contributed by atoms with van der Waals surface area (Å²) < 4.78 is 32.6. The second-order valence-electron chi connectivity index (χ2n) is 6.62. The smallest absolute Gasteiger partial charge is 0.264 e. The van der Waals surface area contributed by atoms with Gasteiger partial charge in [-0.25, -0.2) is 8.42 Å². The first-order valence-corrected chi connectivity index (χ1v) is 10.2. The van der Waals surface area contributed by atoms with Crippen molar-refractivity contribution in [1.29, 1.82) is 0 Å². The molecule has 1 amide bonds. The predicted octanol–water partition coefficient (Wildman–Crippen LogP) is 3.05. The number of sulfonamides is 1. The molecule has 0 aliphatic rings. The maximum atomic E-state index is 13.2. The average Bonchev–Trinajstić information content (AvgIpc) is 2.66. The zero-order valence-corrected chi connectivity index (χ0v) is 16.9. The van der Waals surface area contributed by atoms with Crippen molar-refractivity contribution in [3.05, 3.63) is 54.6 Å². The molecule has 0 fully saturated rings. The molecule has 0 spiro atoms. The summed E-state index contributed by atoms with van der Waals surface area (Å²) in [4.78, 5) is 12.6. The van der Waals surface area contributed by atoms with Gasteiger partial charge in [0.05, 0.1) is 17.7 Å². The Balaban J connectivity index is 2.35. The first-order valence-electron chi connectivity index (χ1n) is 8.77. The molecule has 0 bridgehead atoms. The standard InChI is InChI=1S/C20H26N2O4S/c1-15(2)16(3)21-20(23)14-22(17-8-6-5-7-9-17)27(24,25)19-12-10-18(26-4)11-13-19/h5-13,15-16H,14H2,1-4H3,(H,21,23)/t16-/m1/s1. The van der Waals surface area contributed by atoms with Crippen molar-refractivity contribution in [2.75, 3.05) is 18.0 Å². The number of benzene rings is 2. The van der Waals surface area contributed by atoms with Crippen molar-refractivity contribution in [1.82, 2.24) is 5.32 Å². The number of para-hydroxylation sites is 1. The second-order valence-corrected chi connectivity index (χ2v) is 8.49. The van der Waals surface area contributed by atoms with E-state index in [9.17, 15) is 13.2 Å². The van der Waals surface area contributed by atoms with Crippen LogP contribution in [0.25, 0.3) is 0 Å². The molecule has 0 unspecified atom stereocenters. The summed E-state index contributed by atoms with van der Waals surface area (Å²) >= 11 is 0. The number of carbonyl (C=O) groups excluding carboxylic acids is 1. The van der Waals surface area contributed by atoms with Crippen molar-refractivity contribution >= 4 is 21.6 Å². The van der Waals surface area contributed by atoms with E-state index in [0.717, 1.165) is 4.31 Å². The predicted molar refractivity (Wildman–Crippen MR) is 106 cm³/mol. The third-order valence-corrected chi connectivity index (χ3v) is 6.16. The summed E-state index contributed by atoms with van der Waals surface area (Å²) in [7, 11) is -2.40. The molecule has 7 heteroatoms. The fourth-order valence-electron chi connectivity index (χ4n) is 2.38. The molecule has 2 rings (SSSR count). The minimum Gasteiger partial charge on any atom is -0.497 e. The van der Waals surface area contributed by atoms with Crippen LogP contribution in [0.15, 0.2) is 59.5 Å². The average molecular weight is 391 g/mol. The number of hydrogen-bond donors (Lipinski definition) is 1. The first kappa shape index (κ1) is 20.8. The number of nitrogens with zero attached hydrogens (tertiary/aromatic N) is 1. The lowest BCUT2D eigenvalue weighted by Crippen LogP contribution is -2.44. The number of anilines is 1. The molecule has 2 aromatic carbocycles. The van der Waals surface area contributed by atoms with Gasteiger partial charge in [0.1, 0.15) is 12.3 Å².